The van der Waals surface area contributed by atoms with Gasteiger partial charge in [-0.15, -0.1) is 0 Å². The van der Waals surface area contributed by atoms with Crippen LogP contribution in [0, 0.1) is 15.9 Å². The van der Waals surface area contributed by atoms with E-state index in [0.29, 0.717) is 24.2 Å². The van der Waals surface area contributed by atoms with Crippen molar-refractivity contribution >= 4 is 5.69 Å². The average Bonchev–Trinajstić information content (AvgIpc) is 2.33. The molecule has 1 fully saturated rings. The molecule has 1 saturated heterocycles. The van der Waals surface area contributed by atoms with Crippen LogP contribution in [0.5, 0.6) is 0 Å². The predicted octanol–water partition coefficient (Wildman–Crippen LogP) is 1.92. The van der Waals surface area contributed by atoms with Crippen molar-refractivity contribution in [1.29, 1.82) is 0 Å². The Morgan fingerprint density at radius 3 is 2.58 bits per heavy atom. The zero-order chi connectivity index (χ0) is 14.0. The minimum Gasteiger partial charge on any atom is -0.314 e. The van der Waals surface area contributed by atoms with Crippen molar-refractivity contribution in [2.24, 2.45) is 0 Å². The normalized spacial score (nSPS) is 24.4. The predicted molar refractivity (Wildman–Crippen MR) is 70.4 cm³/mol. The Morgan fingerprint density at radius 1 is 1.37 bits per heavy atom. The lowest BCUT2D eigenvalue weighted by molar-refractivity contribution is -0.385. The summed E-state index contributed by atoms with van der Waals surface area (Å²) >= 11 is 0. The highest BCUT2D eigenvalue weighted by Gasteiger charge is 2.25. The third-order valence-electron chi connectivity index (χ3n) is 3.53. The summed E-state index contributed by atoms with van der Waals surface area (Å²) in [4.78, 5) is 12.4. The van der Waals surface area contributed by atoms with Crippen molar-refractivity contribution in [3.05, 3.63) is 39.7 Å². The van der Waals surface area contributed by atoms with Gasteiger partial charge in [0.05, 0.1) is 11.0 Å². The van der Waals surface area contributed by atoms with Crippen LogP contribution >= 0.6 is 0 Å². The number of hydrogen-bond acceptors (Lipinski definition) is 4. The van der Waals surface area contributed by atoms with E-state index in [1.54, 1.807) is 0 Å². The van der Waals surface area contributed by atoms with E-state index in [1.807, 2.05) is 0 Å². The molecule has 1 N–H and O–H groups in total. The molecular formula is C13H18FN3O2. The maximum absolute atomic E-state index is 13.4. The number of nitrogens with one attached hydrogen (secondary N) is 1. The van der Waals surface area contributed by atoms with Crippen LogP contribution in [-0.4, -0.2) is 35.0 Å². The smallest absolute Gasteiger partial charge is 0.272 e. The van der Waals surface area contributed by atoms with E-state index in [-0.39, 0.29) is 5.69 Å². The molecular weight excluding hydrogens is 249 g/mol. The van der Waals surface area contributed by atoms with Gasteiger partial charge in [-0.05, 0) is 25.5 Å². The first kappa shape index (κ1) is 13.9. The van der Waals surface area contributed by atoms with Crippen LogP contribution < -0.4 is 5.32 Å². The molecule has 0 aromatic heterocycles. The first-order valence-corrected chi connectivity index (χ1v) is 6.37. The quantitative estimate of drug-likeness (QED) is 0.671. The summed E-state index contributed by atoms with van der Waals surface area (Å²) in [5, 5.41) is 14.1. The number of benzene rings is 1. The molecule has 0 saturated carbocycles. The SMILES string of the molecule is CC1CNCC(C)N1Cc1cc(F)cc([N+](=O)[O-])c1. The maximum atomic E-state index is 13.4. The molecule has 1 aliphatic heterocycles. The number of nitro benzene ring substituents is 1. The first-order chi connectivity index (χ1) is 8.97. The van der Waals surface area contributed by atoms with Gasteiger partial charge in [0.15, 0.2) is 0 Å². The summed E-state index contributed by atoms with van der Waals surface area (Å²) in [6.45, 7) is 6.47. The number of piperazine rings is 1. The minimum absolute atomic E-state index is 0.189. The second-order valence-corrected chi connectivity index (χ2v) is 5.10. The van der Waals surface area contributed by atoms with Crippen LogP contribution in [0.1, 0.15) is 19.4 Å². The van der Waals surface area contributed by atoms with Gasteiger partial charge in [0.2, 0.25) is 0 Å². The fourth-order valence-corrected chi connectivity index (χ4v) is 2.52. The summed E-state index contributed by atoms with van der Waals surface area (Å²) < 4.78 is 13.4. The van der Waals surface area contributed by atoms with Gasteiger partial charge in [0.25, 0.3) is 5.69 Å². The van der Waals surface area contributed by atoms with Gasteiger partial charge in [0, 0.05) is 37.8 Å². The zero-order valence-corrected chi connectivity index (χ0v) is 11.1. The summed E-state index contributed by atoms with van der Waals surface area (Å²) in [7, 11) is 0. The van der Waals surface area contributed by atoms with Gasteiger partial charge in [-0.25, -0.2) is 4.39 Å². The molecule has 0 amide bonds. The molecule has 2 unspecified atom stereocenters. The maximum Gasteiger partial charge on any atom is 0.272 e. The van der Waals surface area contributed by atoms with E-state index >= 15 is 0 Å². The summed E-state index contributed by atoms with van der Waals surface area (Å²) in [5.41, 5.74) is 0.456. The summed E-state index contributed by atoms with van der Waals surface area (Å²) in [5.74, 6) is -0.556. The lowest BCUT2D eigenvalue weighted by Crippen LogP contribution is -2.54. The van der Waals surface area contributed by atoms with Crippen molar-refractivity contribution in [1.82, 2.24) is 10.2 Å². The Bertz CT molecular complexity index is 471. The van der Waals surface area contributed by atoms with Crippen molar-refractivity contribution in [3.63, 3.8) is 0 Å². The number of nitro groups is 1. The van der Waals surface area contributed by atoms with Crippen LogP contribution in [0.15, 0.2) is 18.2 Å². The van der Waals surface area contributed by atoms with Gasteiger partial charge in [0.1, 0.15) is 5.82 Å². The van der Waals surface area contributed by atoms with Gasteiger partial charge in [-0.3, -0.25) is 15.0 Å². The topological polar surface area (TPSA) is 58.4 Å². The lowest BCUT2D eigenvalue weighted by atomic mass is 10.1. The summed E-state index contributed by atoms with van der Waals surface area (Å²) in [6.07, 6.45) is 0. The van der Waals surface area contributed by atoms with E-state index in [9.17, 15) is 14.5 Å². The Balaban J connectivity index is 2.20. The van der Waals surface area contributed by atoms with E-state index in [0.717, 1.165) is 19.2 Å². The number of nitrogens with zero attached hydrogens (tertiary/aromatic N) is 2. The molecule has 0 aliphatic carbocycles. The Hall–Kier alpha value is -1.53. The Kier molecular flexibility index (Phi) is 4.11. The highest BCUT2D eigenvalue weighted by Crippen LogP contribution is 2.20. The molecule has 1 heterocycles. The van der Waals surface area contributed by atoms with Gasteiger partial charge >= 0.3 is 0 Å². The molecule has 2 atom stereocenters. The molecule has 1 aromatic rings. The molecule has 0 bridgehead atoms. The van der Waals surface area contributed by atoms with Crippen LogP contribution in [0.25, 0.3) is 0 Å². The molecule has 0 spiro atoms. The molecule has 6 heteroatoms. The van der Waals surface area contributed by atoms with E-state index < -0.39 is 10.7 Å². The molecule has 5 nitrogen and oxygen atoms in total. The largest absolute Gasteiger partial charge is 0.314 e. The highest BCUT2D eigenvalue weighted by molar-refractivity contribution is 5.35. The molecule has 0 radical (unpaired) electrons. The van der Waals surface area contributed by atoms with Gasteiger partial charge in [-0.2, -0.15) is 0 Å². The van der Waals surface area contributed by atoms with Gasteiger partial charge < -0.3 is 5.32 Å². The monoisotopic (exact) mass is 267 g/mol. The van der Waals surface area contributed by atoms with Crippen molar-refractivity contribution in [2.75, 3.05) is 13.1 Å². The fraction of sp³-hybridized carbons (Fsp3) is 0.538. The van der Waals surface area contributed by atoms with Crippen molar-refractivity contribution < 1.29 is 9.31 Å². The second-order valence-electron chi connectivity index (χ2n) is 5.10. The van der Waals surface area contributed by atoms with Crippen molar-refractivity contribution in [2.45, 2.75) is 32.5 Å². The van der Waals surface area contributed by atoms with Crippen LogP contribution in [0.3, 0.4) is 0 Å². The summed E-state index contributed by atoms with van der Waals surface area (Å²) in [6, 6.07) is 4.42. The zero-order valence-electron chi connectivity index (χ0n) is 11.1. The molecule has 2 rings (SSSR count). The second kappa shape index (κ2) is 5.63. The Labute approximate surface area is 111 Å². The third kappa shape index (κ3) is 3.27. The van der Waals surface area contributed by atoms with Crippen LogP contribution in [-0.2, 0) is 6.54 Å². The molecule has 19 heavy (non-hydrogen) atoms. The van der Waals surface area contributed by atoms with Crippen LogP contribution in [0.2, 0.25) is 0 Å². The lowest BCUT2D eigenvalue weighted by Gasteiger charge is -2.39. The van der Waals surface area contributed by atoms with E-state index in [2.05, 4.69) is 24.1 Å². The minimum atomic E-state index is -0.558. The van der Waals surface area contributed by atoms with Crippen molar-refractivity contribution in [3.8, 4) is 0 Å². The highest BCUT2D eigenvalue weighted by atomic mass is 19.1. The Morgan fingerprint density at radius 2 is 2.00 bits per heavy atom. The molecule has 1 aliphatic rings. The fourth-order valence-electron chi connectivity index (χ4n) is 2.52. The number of hydrogen-bond donors (Lipinski definition) is 1. The van der Waals surface area contributed by atoms with Crippen LogP contribution in [0.4, 0.5) is 10.1 Å². The number of non-ortho nitro benzene ring substituents is 1. The van der Waals surface area contributed by atoms with Gasteiger partial charge in [-0.1, -0.05) is 0 Å². The number of halogens is 1. The van der Waals surface area contributed by atoms with E-state index in [4.69, 9.17) is 0 Å². The number of rotatable bonds is 3. The molecule has 104 valence electrons. The standard InChI is InChI=1S/C13H18FN3O2/c1-9-6-15-7-10(2)16(9)8-11-3-12(14)5-13(4-11)17(18)19/h3-5,9-10,15H,6-8H2,1-2H3. The average molecular weight is 267 g/mol. The first-order valence-electron chi connectivity index (χ1n) is 6.37. The third-order valence-corrected chi connectivity index (χ3v) is 3.53. The molecule has 1 aromatic carbocycles. The van der Waals surface area contributed by atoms with E-state index in [1.165, 1.54) is 12.1 Å².